The van der Waals surface area contributed by atoms with Crippen molar-refractivity contribution in [3.63, 3.8) is 0 Å². The van der Waals surface area contributed by atoms with E-state index in [4.69, 9.17) is 5.11 Å². The van der Waals surface area contributed by atoms with Gasteiger partial charge in [-0.15, -0.1) is 0 Å². The second kappa shape index (κ2) is 6.54. The topological polar surface area (TPSA) is 72.8 Å². The third kappa shape index (κ3) is 3.68. The fourth-order valence-corrected chi connectivity index (χ4v) is 2.14. The van der Waals surface area contributed by atoms with Gasteiger partial charge in [-0.25, -0.2) is 0 Å². The quantitative estimate of drug-likeness (QED) is 0.741. The van der Waals surface area contributed by atoms with E-state index < -0.39 is 6.10 Å². The summed E-state index contributed by atoms with van der Waals surface area (Å²) in [6.07, 6.45) is 1.90. The Labute approximate surface area is 112 Å². The number of aliphatic hydroxyl groups excluding tert-OH is 2. The van der Waals surface area contributed by atoms with Crippen LogP contribution in [0, 0.1) is 0 Å². The molecule has 0 radical (unpaired) electrons. The number of rotatable bonds is 5. The number of nitrogens with one attached hydrogen (secondary N) is 1. The number of hydrogen-bond donors (Lipinski definition) is 3. The summed E-state index contributed by atoms with van der Waals surface area (Å²) in [7, 11) is 0. The molecule has 1 saturated heterocycles. The number of amides is 1. The van der Waals surface area contributed by atoms with Crippen LogP contribution in [-0.4, -0.2) is 41.9 Å². The molecule has 104 valence electrons. The molecule has 5 nitrogen and oxygen atoms in total. The molecule has 1 heterocycles. The molecule has 19 heavy (non-hydrogen) atoms. The number of hydrogen-bond acceptors (Lipinski definition) is 4. The molecule has 1 aromatic rings. The minimum Gasteiger partial charge on any atom is -0.394 e. The summed E-state index contributed by atoms with van der Waals surface area (Å²) in [5, 5.41) is 21.0. The average molecular weight is 264 g/mol. The smallest absolute Gasteiger partial charge is 0.226 e. The second-order valence-corrected chi connectivity index (χ2v) is 4.77. The first-order chi connectivity index (χ1) is 9.20. The number of aliphatic hydroxyl groups is 2. The number of carbonyl (C=O) groups excluding carboxylic acids is 1. The highest BCUT2D eigenvalue weighted by molar-refractivity contribution is 5.94. The van der Waals surface area contributed by atoms with Gasteiger partial charge in [0.2, 0.25) is 5.91 Å². The lowest BCUT2D eigenvalue weighted by Gasteiger charge is -2.27. The fraction of sp³-hybridized carbons (Fsp3) is 0.500. The Morgan fingerprint density at radius 3 is 2.63 bits per heavy atom. The molecule has 1 aliphatic heterocycles. The maximum absolute atomic E-state index is 11.8. The van der Waals surface area contributed by atoms with Gasteiger partial charge in [-0.3, -0.25) is 4.79 Å². The lowest BCUT2D eigenvalue weighted by molar-refractivity contribution is -0.119. The normalized spacial score (nSPS) is 17.4. The van der Waals surface area contributed by atoms with Crippen LogP contribution in [0.15, 0.2) is 24.3 Å². The molecule has 1 unspecified atom stereocenters. The molecule has 3 N–H and O–H groups in total. The molecular formula is C14H20N2O3. The molecule has 1 aliphatic rings. The van der Waals surface area contributed by atoms with Crippen molar-refractivity contribution in [2.24, 2.45) is 0 Å². The first-order valence-electron chi connectivity index (χ1n) is 6.64. The predicted octanol–water partition coefficient (Wildman–Crippen LogP) is 0.969. The Bertz CT molecular complexity index is 419. The van der Waals surface area contributed by atoms with Crippen LogP contribution in [0.1, 0.15) is 19.3 Å². The molecule has 1 atom stereocenters. The Morgan fingerprint density at radius 2 is 2.00 bits per heavy atom. The summed E-state index contributed by atoms with van der Waals surface area (Å²) in [5.41, 5.74) is 1.78. The van der Waals surface area contributed by atoms with Crippen LogP contribution >= 0.6 is 0 Å². The van der Waals surface area contributed by atoms with Gasteiger partial charge in [0, 0.05) is 30.9 Å². The Hall–Kier alpha value is -1.59. The van der Waals surface area contributed by atoms with Crippen LogP contribution in [-0.2, 0) is 4.79 Å². The molecule has 0 aliphatic carbocycles. The molecular weight excluding hydrogens is 244 g/mol. The van der Waals surface area contributed by atoms with E-state index in [0.29, 0.717) is 13.0 Å². The zero-order valence-corrected chi connectivity index (χ0v) is 10.9. The zero-order chi connectivity index (χ0) is 13.7. The number of piperidine rings is 1. The third-order valence-corrected chi connectivity index (χ3v) is 3.25. The van der Waals surface area contributed by atoms with Crippen molar-refractivity contribution in [1.29, 1.82) is 0 Å². The maximum Gasteiger partial charge on any atom is 0.226 e. The molecule has 0 aromatic heterocycles. The van der Waals surface area contributed by atoms with Gasteiger partial charge in [-0.2, -0.15) is 0 Å². The van der Waals surface area contributed by atoms with Crippen molar-refractivity contribution in [1.82, 2.24) is 0 Å². The van der Waals surface area contributed by atoms with Crippen molar-refractivity contribution in [2.45, 2.75) is 25.4 Å². The molecule has 1 aromatic carbocycles. The van der Waals surface area contributed by atoms with Crippen LogP contribution in [0.5, 0.6) is 0 Å². The number of anilines is 2. The summed E-state index contributed by atoms with van der Waals surface area (Å²) in [4.78, 5) is 13.6. The summed E-state index contributed by atoms with van der Waals surface area (Å²) in [6.45, 7) is 0.834. The van der Waals surface area contributed by atoms with E-state index in [2.05, 4.69) is 5.32 Å². The highest BCUT2D eigenvalue weighted by atomic mass is 16.3. The monoisotopic (exact) mass is 264 g/mol. The summed E-state index contributed by atoms with van der Waals surface area (Å²) in [5.74, 6) is 0.183. The van der Waals surface area contributed by atoms with Gasteiger partial charge in [-0.1, -0.05) is 0 Å². The first-order valence-corrected chi connectivity index (χ1v) is 6.64. The second-order valence-electron chi connectivity index (χ2n) is 4.77. The Balaban J connectivity index is 1.95. The molecule has 1 fully saturated rings. The zero-order valence-electron chi connectivity index (χ0n) is 10.9. The predicted molar refractivity (Wildman–Crippen MR) is 74.2 cm³/mol. The van der Waals surface area contributed by atoms with Crippen molar-refractivity contribution < 1.29 is 15.0 Å². The van der Waals surface area contributed by atoms with Crippen molar-refractivity contribution in [3.8, 4) is 0 Å². The van der Waals surface area contributed by atoms with Gasteiger partial charge >= 0.3 is 0 Å². The first kappa shape index (κ1) is 13.8. The number of carbonyl (C=O) groups is 1. The number of nitrogens with zero attached hydrogens (tertiary/aromatic N) is 1. The van der Waals surface area contributed by atoms with Gasteiger partial charge in [0.25, 0.3) is 0 Å². The summed E-state index contributed by atoms with van der Waals surface area (Å²) >= 11 is 0. The van der Waals surface area contributed by atoms with Gasteiger partial charge in [0.05, 0.1) is 12.7 Å². The standard InChI is InChI=1S/C14H20N2O3/c17-10-13(18)9-15-11-4-6-12(7-5-11)16-8-2-1-3-14(16)19/h4-7,13,15,17-18H,1-3,8-10H2. The van der Waals surface area contributed by atoms with Crippen LogP contribution in [0.4, 0.5) is 11.4 Å². The average Bonchev–Trinajstić information content (AvgIpc) is 2.46. The van der Waals surface area contributed by atoms with E-state index in [1.807, 2.05) is 29.2 Å². The van der Waals surface area contributed by atoms with Gasteiger partial charge in [0.1, 0.15) is 0 Å². The molecule has 0 spiro atoms. The Kier molecular flexibility index (Phi) is 4.76. The van der Waals surface area contributed by atoms with Crippen molar-refractivity contribution >= 4 is 17.3 Å². The van der Waals surface area contributed by atoms with Gasteiger partial charge in [-0.05, 0) is 37.1 Å². The van der Waals surface area contributed by atoms with Crippen molar-refractivity contribution in [2.75, 3.05) is 29.9 Å². The van der Waals surface area contributed by atoms with Gasteiger partial charge < -0.3 is 20.4 Å². The Morgan fingerprint density at radius 1 is 1.26 bits per heavy atom. The SMILES string of the molecule is O=C1CCCCN1c1ccc(NCC(O)CO)cc1. The van der Waals surface area contributed by atoms with Crippen molar-refractivity contribution in [3.05, 3.63) is 24.3 Å². The molecule has 1 amide bonds. The third-order valence-electron chi connectivity index (χ3n) is 3.25. The lowest BCUT2D eigenvalue weighted by Crippen LogP contribution is -2.35. The maximum atomic E-state index is 11.8. The molecule has 0 bridgehead atoms. The minimum absolute atomic E-state index is 0.183. The van der Waals surface area contributed by atoms with Crippen LogP contribution in [0.2, 0.25) is 0 Å². The molecule has 2 rings (SSSR count). The minimum atomic E-state index is -0.761. The van der Waals surface area contributed by atoms with Crippen LogP contribution in [0.25, 0.3) is 0 Å². The van der Waals surface area contributed by atoms with Crippen LogP contribution < -0.4 is 10.2 Å². The van der Waals surface area contributed by atoms with E-state index in [0.717, 1.165) is 30.8 Å². The highest BCUT2D eigenvalue weighted by Gasteiger charge is 2.19. The molecule has 0 saturated carbocycles. The largest absolute Gasteiger partial charge is 0.394 e. The van der Waals surface area contributed by atoms with E-state index in [1.54, 1.807) is 0 Å². The van der Waals surface area contributed by atoms with E-state index in [9.17, 15) is 9.90 Å². The highest BCUT2D eigenvalue weighted by Crippen LogP contribution is 2.22. The molecule has 5 heteroatoms. The van der Waals surface area contributed by atoms with E-state index in [1.165, 1.54) is 0 Å². The lowest BCUT2D eigenvalue weighted by atomic mass is 10.1. The summed E-state index contributed by atoms with van der Waals surface area (Å²) in [6, 6.07) is 7.55. The summed E-state index contributed by atoms with van der Waals surface area (Å²) < 4.78 is 0. The number of benzene rings is 1. The van der Waals surface area contributed by atoms with Gasteiger partial charge in [0.15, 0.2) is 0 Å². The fourth-order valence-electron chi connectivity index (χ4n) is 2.14. The van der Waals surface area contributed by atoms with Crippen LogP contribution in [0.3, 0.4) is 0 Å². The van der Waals surface area contributed by atoms with E-state index >= 15 is 0 Å². The van der Waals surface area contributed by atoms with E-state index in [-0.39, 0.29) is 12.5 Å².